The first-order chi connectivity index (χ1) is 10.6. The number of hydrogen-bond donors (Lipinski definition) is 0. The van der Waals surface area contributed by atoms with E-state index in [1.807, 2.05) is 10.7 Å². The number of thiazole rings is 1. The van der Waals surface area contributed by atoms with E-state index < -0.39 is 0 Å². The number of rotatable bonds is 4. The highest BCUT2D eigenvalue weighted by Crippen LogP contribution is 2.28. The molecule has 4 nitrogen and oxygen atoms in total. The van der Waals surface area contributed by atoms with Crippen LogP contribution in [-0.4, -0.2) is 19.7 Å². The van der Waals surface area contributed by atoms with Crippen molar-refractivity contribution in [2.75, 3.05) is 0 Å². The van der Waals surface area contributed by atoms with Crippen LogP contribution in [0.3, 0.4) is 0 Å². The van der Waals surface area contributed by atoms with Crippen LogP contribution < -0.4 is 0 Å². The fourth-order valence-electron chi connectivity index (χ4n) is 2.13. The fraction of sp³-hybridized carbons (Fsp3) is 0.267. The molecule has 2 heterocycles. The minimum absolute atomic E-state index is 0.215. The number of halogens is 2. The van der Waals surface area contributed by atoms with Gasteiger partial charge in [0.25, 0.3) is 0 Å². The first kappa shape index (κ1) is 15.5. The van der Waals surface area contributed by atoms with Gasteiger partial charge in [0, 0.05) is 21.9 Å². The van der Waals surface area contributed by atoms with Crippen molar-refractivity contribution >= 4 is 33.9 Å². The second-order valence-electron chi connectivity index (χ2n) is 4.91. The zero-order chi connectivity index (χ0) is 15.7. The molecule has 3 aromatic rings. The van der Waals surface area contributed by atoms with Crippen LogP contribution in [0.5, 0.6) is 0 Å². The Morgan fingerprint density at radius 3 is 2.82 bits per heavy atom. The average molecular weight is 428 g/mol. The minimum atomic E-state index is -0.215. The summed E-state index contributed by atoms with van der Waals surface area (Å²) < 4.78 is 16.8. The van der Waals surface area contributed by atoms with Crippen molar-refractivity contribution in [2.24, 2.45) is 0 Å². The molecular weight excluding hydrogens is 414 g/mol. The molecule has 0 aliphatic rings. The van der Waals surface area contributed by atoms with Crippen LogP contribution in [0.1, 0.15) is 18.9 Å². The predicted octanol–water partition coefficient (Wildman–Crippen LogP) is 4.53. The molecule has 0 spiro atoms. The van der Waals surface area contributed by atoms with E-state index >= 15 is 0 Å². The number of benzene rings is 1. The minimum Gasteiger partial charge on any atom is -0.252 e. The average Bonchev–Trinajstić information content (AvgIpc) is 3.13. The van der Waals surface area contributed by atoms with Crippen LogP contribution in [0.25, 0.3) is 22.1 Å². The molecule has 0 saturated heterocycles. The van der Waals surface area contributed by atoms with Crippen molar-refractivity contribution in [1.82, 2.24) is 19.7 Å². The fourth-order valence-corrected chi connectivity index (χ4v) is 3.27. The third kappa shape index (κ3) is 2.91. The molecule has 3 rings (SSSR count). The van der Waals surface area contributed by atoms with E-state index in [-0.39, 0.29) is 5.82 Å². The molecule has 7 heteroatoms. The topological polar surface area (TPSA) is 43.6 Å². The highest BCUT2D eigenvalue weighted by molar-refractivity contribution is 14.1. The molecule has 22 heavy (non-hydrogen) atoms. The van der Waals surface area contributed by atoms with Gasteiger partial charge in [-0.2, -0.15) is 0 Å². The van der Waals surface area contributed by atoms with Crippen LogP contribution in [-0.2, 0) is 6.54 Å². The van der Waals surface area contributed by atoms with E-state index in [2.05, 4.69) is 44.6 Å². The zero-order valence-corrected chi connectivity index (χ0v) is 15.2. The number of aryl methyl sites for hydroxylation is 1. The number of nitrogens with zero attached hydrogens (tertiary/aromatic N) is 4. The van der Waals surface area contributed by atoms with Crippen LogP contribution in [0.2, 0.25) is 0 Å². The first-order valence-corrected chi connectivity index (χ1v) is 8.85. The van der Waals surface area contributed by atoms with E-state index in [9.17, 15) is 4.39 Å². The monoisotopic (exact) mass is 428 g/mol. The Bertz CT molecular complexity index is 775. The lowest BCUT2D eigenvalue weighted by Crippen LogP contribution is -2.02. The van der Waals surface area contributed by atoms with Crippen molar-refractivity contribution in [3.63, 3.8) is 0 Å². The van der Waals surface area contributed by atoms with Gasteiger partial charge in [-0.3, -0.25) is 4.98 Å². The Hall–Kier alpha value is -1.35. The van der Waals surface area contributed by atoms with E-state index in [1.165, 1.54) is 17.4 Å². The molecular formula is C15H14FIN4S. The molecule has 0 amide bonds. The highest BCUT2D eigenvalue weighted by atomic mass is 127. The lowest BCUT2D eigenvalue weighted by molar-refractivity contribution is 0.605. The third-order valence-corrected chi connectivity index (χ3v) is 5.19. The molecule has 2 aromatic heterocycles. The van der Waals surface area contributed by atoms with Gasteiger partial charge in [0.05, 0.1) is 10.4 Å². The molecule has 0 aliphatic carbocycles. The van der Waals surface area contributed by atoms with Crippen molar-refractivity contribution in [1.29, 1.82) is 0 Å². The van der Waals surface area contributed by atoms with Crippen molar-refractivity contribution in [3.05, 3.63) is 38.8 Å². The summed E-state index contributed by atoms with van der Waals surface area (Å²) in [5.41, 5.74) is 3.17. The molecule has 0 fully saturated rings. The summed E-state index contributed by atoms with van der Waals surface area (Å²) in [5.74, 6) is 1.12. The van der Waals surface area contributed by atoms with Crippen LogP contribution in [0.4, 0.5) is 4.39 Å². The summed E-state index contributed by atoms with van der Waals surface area (Å²) in [5, 5.41) is 4.55. The first-order valence-electron chi connectivity index (χ1n) is 6.90. The molecule has 1 aromatic carbocycles. The van der Waals surface area contributed by atoms with E-state index in [0.717, 1.165) is 27.0 Å². The number of hydrogen-bond acceptors (Lipinski definition) is 4. The van der Waals surface area contributed by atoms with Gasteiger partial charge in [-0.1, -0.05) is 6.92 Å². The Balaban J connectivity index is 2.13. The molecule has 0 saturated carbocycles. The van der Waals surface area contributed by atoms with Gasteiger partial charge in [0.15, 0.2) is 11.6 Å². The second-order valence-corrected chi connectivity index (χ2v) is 6.96. The summed E-state index contributed by atoms with van der Waals surface area (Å²) >= 11 is 3.64. The highest BCUT2D eigenvalue weighted by Gasteiger charge is 2.16. The SMILES string of the molecule is CCCn1nc(-c2cncs2)nc1-c1cc(F)c(C)c(I)c1. The molecule has 114 valence electrons. The standard InChI is InChI=1S/C15H14FIN4S/c1-3-4-21-15(10-5-11(16)9(2)12(17)6-10)19-14(20-21)13-7-18-8-22-13/h5-8H,3-4H2,1-2H3. The van der Waals surface area contributed by atoms with Crippen molar-refractivity contribution in [3.8, 4) is 22.1 Å². The van der Waals surface area contributed by atoms with Crippen LogP contribution in [0, 0.1) is 16.3 Å². The number of aromatic nitrogens is 4. The Morgan fingerprint density at radius 1 is 1.36 bits per heavy atom. The molecule has 0 aliphatic heterocycles. The molecule has 0 bridgehead atoms. The summed E-state index contributed by atoms with van der Waals surface area (Å²) in [6.45, 7) is 4.60. The maximum Gasteiger partial charge on any atom is 0.193 e. The zero-order valence-electron chi connectivity index (χ0n) is 12.2. The van der Waals surface area contributed by atoms with Crippen molar-refractivity contribution < 1.29 is 4.39 Å². The summed E-state index contributed by atoms with van der Waals surface area (Å²) in [7, 11) is 0. The van der Waals surface area contributed by atoms with E-state index in [0.29, 0.717) is 17.2 Å². The summed E-state index contributed by atoms with van der Waals surface area (Å²) in [6.07, 6.45) is 2.68. The normalized spacial score (nSPS) is 11.1. The van der Waals surface area contributed by atoms with Crippen molar-refractivity contribution in [2.45, 2.75) is 26.8 Å². The Morgan fingerprint density at radius 2 is 2.18 bits per heavy atom. The van der Waals surface area contributed by atoms with Crippen LogP contribution >= 0.6 is 33.9 Å². The van der Waals surface area contributed by atoms with Gasteiger partial charge in [-0.05, 0) is 53.6 Å². The Kier molecular flexibility index (Phi) is 4.53. The Labute approximate surface area is 145 Å². The van der Waals surface area contributed by atoms with Crippen LogP contribution in [0.15, 0.2) is 23.8 Å². The summed E-state index contributed by atoms with van der Waals surface area (Å²) in [4.78, 5) is 9.58. The second kappa shape index (κ2) is 6.41. The van der Waals surface area contributed by atoms with Gasteiger partial charge >= 0.3 is 0 Å². The van der Waals surface area contributed by atoms with Gasteiger partial charge < -0.3 is 0 Å². The quantitative estimate of drug-likeness (QED) is 0.574. The maximum atomic E-state index is 14.1. The maximum absolute atomic E-state index is 14.1. The molecule has 0 unspecified atom stereocenters. The van der Waals surface area contributed by atoms with Gasteiger partial charge in [-0.15, -0.1) is 16.4 Å². The van der Waals surface area contributed by atoms with Gasteiger partial charge in [-0.25, -0.2) is 14.1 Å². The summed E-state index contributed by atoms with van der Waals surface area (Å²) in [6, 6.07) is 3.48. The molecule has 0 atom stereocenters. The lowest BCUT2D eigenvalue weighted by Gasteiger charge is -2.07. The van der Waals surface area contributed by atoms with E-state index in [1.54, 1.807) is 18.6 Å². The lowest BCUT2D eigenvalue weighted by atomic mass is 10.1. The van der Waals surface area contributed by atoms with Gasteiger partial charge in [0.2, 0.25) is 0 Å². The largest absolute Gasteiger partial charge is 0.252 e. The molecule has 0 N–H and O–H groups in total. The predicted molar refractivity (Wildman–Crippen MR) is 94.3 cm³/mol. The third-order valence-electron chi connectivity index (χ3n) is 3.30. The molecule has 0 radical (unpaired) electrons. The van der Waals surface area contributed by atoms with E-state index in [4.69, 9.17) is 0 Å². The smallest absolute Gasteiger partial charge is 0.193 e. The van der Waals surface area contributed by atoms with Gasteiger partial charge in [0.1, 0.15) is 5.82 Å².